The van der Waals surface area contributed by atoms with Gasteiger partial charge in [0.1, 0.15) is 0 Å². The fourth-order valence-corrected chi connectivity index (χ4v) is 1.67. The predicted octanol–water partition coefficient (Wildman–Crippen LogP) is 0.720. The van der Waals surface area contributed by atoms with E-state index in [1.165, 1.54) is 0 Å². The van der Waals surface area contributed by atoms with Crippen LogP contribution in [0.2, 0.25) is 0 Å². The molecule has 0 aromatic heterocycles. The number of amides is 1. The Morgan fingerprint density at radius 1 is 1.60 bits per heavy atom. The zero-order valence-corrected chi connectivity index (χ0v) is 9.03. The largest absolute Gasteiger partial charge is 0.450 e. The van der Waals surface area contributed by atoms with E-state index in [-0.39, 0.29) is 6.09 Å². The van der Waals surface area contributed by atoms with Crippen molar-refractivity contribution in [3.8, 4) is 6.07 Å². The van der Waals surface area contributed by atoms with Gasteiger partial charge >= 0.3 is 6.09 Å². The van der Waals surface area contributed by atoms with Gasteiger partial charge in [0, 0.05) is 19.1 Å². The lowest BCUT2D eigenvalue weighted by Crippen LogP contribution is -2.45. The van der Waals surface area contributed by atoms with Gasteiger partial charge in [0.05, 0.1) is 19.2 Å². The smallest absolute Gasteiger partial charge is 0.409 e. The second-order valence-electron chi connectivity index (χ2n) is 3.50. The summed E-state index contributed by atoms with van der Waals surface area (Å²) in [6.45, 7) is 4.03. The molecule has 0 saturated carbocycles. The number of likely N-dealkylation sites (tertiary alicyclic amines) is 1. The van der Waals surface area contributed by atoms with Crippen LogP contribution >= 0.6 is 0 Å². The standard InChI is InChI=1S/C10H17N3O2/c1-2-15-10(14)13-7-3-9(4-8-13)12-6-5-11/h9,12H,2-4,6-8H2,1H3. The van der Waals surface area contributed by atoms with Crippen LogP contribution in [0.4, 0.5) is 4.79 Å². The topological polar surface area (TPSA) is 65.4 Å². The molecule has 0 spiro atoms. The Kier molecular flexibility index (Phi) is 4.91. The normalized spacial score (nSPS) is 17.2. The molecule has 0 unspecified atom stereocenters. The van der Waals surface area contributed by atoms with Gasteiger partial charge in [0.15, 0.2) is 0 Å². The molecule has 0 aromatic rings. The van der Waals surface area contributed by atoms with Crippen molar-refractivity contribution >= 4 is 6.09 Å². The first-order chi connectivity index (χ1) is 7.27. The van der Waals surface area contributed by atoms with Gasteiger partial charge in [-0.1, -0.05) is 0 Å². The molecule has 0 aliphatic carbocycles. The van der Waals surface area contributed by atoms with E-state index in [1.807, 2.05) is 0 Å². The minimum atomic E-state index is -0.226. The highest BCUT2D eigenvalue weighted by Gasteiger charge is 2.22. The SMILES string of the molecule is CCOC(=O)N1CCC(NCC#N)CC1. The third-order valence-corrected chi connectivity index (χ3v) is 2.49. The van der Waals surface area contributed by atoms with Crippen LogP contribution in [-0.2, 0) is 4.74 Å². The highest BCUT2D eigenvalue weighted by Crippen LogP contribution is 2.11. The first-order valence-corrected chi connectivity index (χ1v) is 5.30. The second-order valence-corrected chi connectivity index (χ2v) is 3.50. The first kappa shape index (κ1) is 11.8. The van der Waals surface area contributed by atoms with Gasteiger partial charge in [-0.3, -0.25) is 0 Å². The van der Waals surface area contributed by atoms with Crippen LogP contribution in [-0.4, -0.2) is 43.3 Å². The Labute approximate surface area is 90.0 Å². The number of ether oxygens (including phenoxy) is 1. The number of nitriles is 1. The molecular weight excluding hydrogens is 194 g/mol. The number of rotatable bonds is 3. The summed E-state index contributed by atoms with van der Waals surface area (Å²) < 4.78 is 4.91. The second kappa shape index (κ2) is 6.25. The van der Waals surface area contributed by atoms with Crippen LogP contribution in [0.25, 0.3) is 0 Å². The number of piperidine rings is 1. The van der Waals surface area contributed by atoms with Gasteiger partial charge in [-0.25, -0.2) is 4.79 Å². The predicted molar refractivity (Wildman–Crippen MR) is 55.2 cm³/mol. The van der Waals surface area contributed by atoms with Crippen molar-refractivity contribution in [3.05, 3.63) is 0 Å². The summed E-state index contributed by atoms with van der Waals surface area (Å²) in [4.78, 5) is 13.1. The number of carbonyl (C=O) groups excluding carboxylic acids is 1. The fourth-order valence-electron chi connectivity index (χ4n) is 1.67. The monoisotopic (exact) mass is 211 g/mol. The molecule has 84 valence electrons. The molecular formula is C10H17N3O2. The molecule has 5 nitrogen and oxygen atoms in total. The molecule has 1 N–H and O–H groups in total. The highest BCUT2D eigenvalue weighted by molar-refractivity contribution is 5.67. The lowest BCUT2D eigenvalue weighted by molar-refractivity contribution is 0.0954. The average Bonchev–Trinajstić information content (AvgIpc) is 2.27. The molecule has 0 radical (unpaired) electrons. The Morgan fingerprint density at radius 3 is 2.80 bits per heavy atom. The summed E-state index contributed by atoms with van der Waals surface area (Å²) in [5.74, 6) is 0. The van der Waals surface area contributed by atoms with Gasteiger partial charge in [0.25, 0.3) is 0 Å². The van der Waals surface area contributed by atoms with Crippen LogP contribution in [0, 0.1) is 11.3 Å². The van der Waals surface area contributed by atoms with E-state index >= 15 is 0 Å². The molecule has 0 bridgehead atoms. The summed E-state index contributed by atoms with van der Waals surface area (Å²) >= 11 is 0. The van der Waals surface area contributed by atoms with Gasteiger partial charge in [-0.2, -0.15) is 5.26 Å². The first-order valence-electron chi connectivity index (χ1n) is 5.30. The molecule has 0 aromatic carbocycles. The van der Waals surface area contributed by atoms with Gasteiger partial charge in [0.2, 0.25) is 0 Å². The third kappa shape index (κ3) is 3.76. The van der Waals surface area contributed by atoms with Gasteiger partial charge in [-0.15, -0.1) is 0 Å². The van der Waals surface area contributed by atoms with Crippen LogP contribution in [0.1, 0.15) is 19.8 Å². The summed E-state index contributed by atoms with van der Waals surface area (Å²) in [6.07, 6.45) is 1.55. The highest BCUT2D eigenvalue weighted by atomic mass is 16.6. The number of carbonyl (C=O) groups is 1. The Bertz CT molecular complexity index is 242. The van der Waals surface area contributed by atoms with Crippen LogP contribution in [0.5, 0.6) is 0 Å². The molecule has 5 heteroatoms. The summed E-state index contributed by atoms with van der Waals surface area (Å²) in [7, 11) is 0. The maximum Gasteiger partial charge on any atom is 0.409 e. The molecule has 15 heavy (non-hydrogen) atoms. The number of nitrogens with one attached hydrogen (secondary N) is 1. The minimum Gasteiger partial charge on any atom is -0.450 e. The quantitative estimate of drug-likeness (QED) is 0.698. The minimum absolute atomic E-state index is 0.226. The maximum absolute atomic E-state index is 11.3. The number of nitrogens with zero attached hydrogens (tertiary/aromatic N) is 2. The van der Waals surface area contributed by atoms with E-state index in [4.69, 9.17) is 10.00 Å². The lowest BCUT2D eigenvalue weighted by Gasteiger charge is -2.31. The molecule has 0 atom stereocenters. The van der Waals surface area contributed by atoms with Gasteiger partial charge in [-0.05, 0) is 19.8 Å². The van der Waals surface area contributed by atoms with Crippen LogP contribution in [0.15, 0.2) is 0 Å². The maximum atomic E-state index is 11.3. The molecule has 1 fully saturated rings. The molecule has 1 aliphatic heterocycles. The molecule has 1 amide bonds. The fraction of sp³-hybridized carbons (Fsp3) is 0.800. The lowest BCUT2D eigenvalue weighted by atomic mass is 10.1. The van der Waals surface area contributed by atoms with Gasteiger partial charge < -0.3 is 15.0 Å². The van der Waals surface area contributed by atoms with Crippen molar-refractivity contribution in [2.75, 3.05) is 26.2 Å². The van der Waals surface area contributed by atoms with E-state index in [0.717, 1.165) is 12.8 Å². The van der Waals surface area contributed by atoms with E-state index < -0.39 is 0 Å². The van der Waals surface area contributed by atoms with Crippen molar-refractivity contribution in [2.45, 2.75) is 25.8 Å². The zero-order chi connectivity index (χ0) is 11.1. The van der Waals surface area contributed by atoms with E-state index in [1.54, 1.807) is 11.8 Å². The Morgan fingerprint density at radius 2 is 2.27 bits per heavy atom. The van der Waals surface area contributed by atoms with Crippen LogP contribution in [0.3, 0.4) is 0 Å². The number of hydrogen-bond acceptors (Lipinski definition) is 4. The average molecular weight is 211 g/mol. The van der Waals surface area contributed by atoms with Crippen molar-refractivity contribution in [3.63, 3.8) is 0 Å². The van der Waals surface area contributed by atoms with Crippen molar-refractivity contribution in [2.24, 2.45) is 0 Å². The molecule has 1 aliphatic rings. The third-order valence-electron chi connectivity index (χ3n) is 2.49. The van der Waals surface area contributed by atoms with E-state index in [2.05, 4.69) is 11.4 Å². The van der Waals surface area contributed by atoms with E-state index in [0.29, 0.717) is 32.3 Å². The number of hydrogen-bond donors (Lipinski definition) is 1. The summed E-state index contributed by atoms with van der Waals surface area (Å²) in [5.41, 5.74) is 0. The molecule has 1 saturated heterocycles. The molecule has 1 heterocycles. The van der Waals surface area contributed by atoms with E-state index in [9.17, 15) is 4.79 Å². The van der Waals surface area contributed by atoms with Crippen molar-refractivity contribution < 1.29 is 9.53 Å². The van der Waals surface area contributed by atoms with Crippen LogP contribution < -0.4 is 5.32 Å². The Balaban J connectivity index is 2.23. The van der Waals surface area contributed by atoms with Crippen molar-refractivity contribution in [1.29, 1.82) is 5.26 Å². The summed E-state index contributed by atoms with van der Waals surface area (Å²) in [6, 6.07) is 2.41. The molecule has 1 rings (SSSR count). The Hall–Kier alpha value is -1.28. The van der Waals surface area contributed by atoms with Crippen molar-refractivity contribution in [1.82, 2.24) is 10.2 Å². The zero-order valence-electron chi connectivity index (χ0n) is 9.03. The summed E-state index contributed by atoms with van der Waals surface area (Å²) in [5, 5.41) is 11.5.